The summed E-state index contributed by atoms with van der Waals surface area (Å²) >= 11 is 3.39. The van der Waals surface area contributed by atoms with E-state index in [9.17, 15) is 9.59 Å². The predicted molar refractivity (Wildman–Crippen MR) is 126 cm³/mol. The monoisotopic (exact) mass is 507 g/mol. The van der Waals surface area contributed by atoms with E-state index in [1.54, 1.807) is 54.6 Å². The smallest absolute Gasteiger partial charge is 0.363 e. The van der Waals surface area contributed by atoms with Gasteiger partial charge in [-0.1, -0.05) is 40.2 Å². The molecule has 1 aliphatic heterocycles. The molecule has 1 heterocycles. The van der Waals surface area contributed by atoms with Crippen molar-refractivity contribution in [3.05, 3.63) is 93.6 Å². The van der Waals surface area contributed by atoms with Gasteiger partial charge in [-0.25, -0.2) is 14.6 Å². The van der Waals surface area contributed by atoms with Crippen LogP contribution in [0.3, 0.4) is 0 Å². The van der Waals surface area contributed by atoms with Crippen LogP contribution in [0.4, 0.5) is 0 Å². The van der Waals surface area contributed by atoms with Gasteiger partial charge in [0, 0.05) is 10.0 Å². The zero-order chi connectivity index (χ0) is 23.4. The second-order valence-electron chi connectivity index (χ2n) is 6.85. The van der Waals surface area contributed by atoms with Crippen molar-refractivity contribution < 1.29 is 28.5 Å². The summed E-state index contributed by atoms with van der Waals surface area (Å²) in [4.78, 5) is 29.2. The molecular weight excluding hydrogens is 490 g/mol. The van der Waals surface area contributed by atoms with Crippen LogP contribution >= 0.6 is 15.9 Å². The SMILES string of the molecule is COc1cc(/C=C2/N=C(c3cccc(Br)c3)OC2=O)ccc1OC(=O)c1ccccc1OC. The van der Waals surface area contributed by atoms with Gasteiger partial charge in [-0.05, 0) is 54.1 Å². The first-order chi connectivity index (χ1) is 16.0. The molecule has 166 valence electrons. The number of benzene rings is 3. The van der Waals surface area contributed by atoms with E-state index in [1.807, 2.05) is 18.2 Å². The van der Waals surface area contributed by atoms with E-state index in [2.05, 4.69) is 20.9 Å². The van der Waals surface area contributed by atoms with Crippen LogP contribution in [0.2, 0.25) is 0 Å². The maximum Gasteiger partial charge on any atom is 0.363 e. The Kier molecular flexibility index (Phi) is 6.55. The quantitative estimate of drug-likeness (QED) is 0.264. The highest BCUT2D eigenvalue weighted by molar-refractivity contribution is 9.10. The molecule has 0 amide bonds. The third-order valence-corrected chi connectivity index (χ3v) is 5.21. The molecule has 0 saturated carbocycles. The molecule has 7 nitrogen and oxygen atoms in total. The maximum atomic E-state index is 12.6. The van der Waals surface area contributed by atoms with Crippen molar-refractivity contribution in [1.82, 2.24) is 0 Å². The number of aliphatic imine (C=N–C) groups is 1. The molecule has 0 saturated heterocycles. The number of esters is 2. The lowest BCUT2D eigenvalue weighted by molar-refractivity contribution is -0.129. The summed E-state index contributed by atoms with van der Waals surface area (Å²) in [5.74, 6) is 0.0247. The van der Waals surface area contributed by atoms with Gasteiger partial charge in [0.05, 0.1) is 14.2 Å². The van der Waals surface area contributed by atoms with Crippen LogP contribution in [0.5, 0.6) is 17.2 Å². The largest absolute Gasteiger partial charge is 0.496 e. The van der Waals surface area contributed by atoms with Crippen molar-refractivity contribution >= 4 is 39.8 Å². The summed E-state index contributed by atoms with van der Waals surface area (Å²) in [5, 5.41) is 0. The van der Waals surface area contributed by atoms with Gasteiger partial charge in [-0.15, -0.1) is 0 Å². The van der Waals surface area contributed by atoms with Crippen molar-refractivity contribution in [1.29, 1.82) is 0 Å². The lowest BCUT2D eigenvalue weighted by Gasteiger charge is -2.11. The number of cyclic esters (lactones) is 1. The van der Waals surface area contributed by atoms with Crippen LogP contribution in [0.1, 0.15) is 21.5 Å². The van der Waals surface area contributed by atoms with E-state index < -0.39 is 11.9 Å². The fraction of sp³-hybridized carbons (Fsp3) is 0.0800. The third-order valence-electron chi connectivity index (χ3n) is 4.71. The van der Waals surface area contributed by atoms with Crippen LogP contribution in [-0.4, -0.2) is 32.1 Å². The number of para-hydroxylation sites is 1. The summed E-state index contributed by atoms with van der Waals surface area (Å²) in [6, 6.07) is 19.0. The molecule has 0 unspecified atom stereocenters. The minimum Gasteiger partial charge on any atom is -0.496 e. The molecule has 0 aromatic heterocycles. The molecule has 3 aromatic rings. The molecule has 4 rings (SSSR count). The first kappa shape index (κ1) is 22.3. The molecule has 0 spiro atoms. The molecule has 1 aliphatic rings. The van der Waals surface area contributed by atoms with Gasteiger partial charge in [0.15, 0.2) is 17.2 Å². The van der Waals surface area contributed by atoms with E-state index >= 15 is 0 Å². The fourth-order valence-electron chi connectivity index (χ4n) is 3.14. The van der Waals surface area contributed by atoms with Crippen molar-refractivity contribution in [3.8, 4) is 17.2 Å². The van der Waals surface area contributed by atoms with Gasteiger partial charge >= 0.3 is 11.9 Å². The zero-order valence-corrected chi connectivity index (χ0v) is 19.3. The summed E-state index contributed by atoms with van der Waals surface area (Å²) in [5.41, 5.74) is 1.73. The van der Waals surface area contributed by atoms with E-state index in [1.165, 1.54) is 14.2 Å². The first-order valence-corrected chi connectivity index (χ1v) is 10.6. The Balaban J connectivity index is 1.58. The molecule has 0 radical (unpaired) electrons. The Bertz CT molecular complexity index is 1300. The number of halogens is 1. The van der Waals surface area contributed by atoms with E-state index in [-0.39, 0.29) is 22.9 Å². The lowest BCUT2D eigenvalue weighted by Crippen LogP contribution is -2.10. The molecule has 33 heavy (non-hydrogen) atoms. The maximum absolute atomic E-state index is 12.6. The number of carbonyl (C=O) groups is 2. The number of nitrogens with zero attached hydrogens (tertiary/aromatic N) is 1. The Hall–Kier alpha value is -3.91. The molecule has 0 N–H and O–H groups in total. The van der Waals surface area contributed by atoms with Crippen LogP contribution in [-0.2, 0) is 9.53 Å². The van der Waals surface area contributed by atoms with E-state index in [0.29, 0.717) is 22.6 Å². The third kappa shape index (κ3) is 4.96. The molecule has 0 atom stereocenters. The normalized spacial score (nSPS) is 14.0. The number of hydrogen-bond acceptors (Lipinski definition) is 7. The Labute approximate surface area is 198 Å². The van der Waals surface area contributed by atoms with Gasteiger partial charge in [0.1, 0.15) is 11.3 Å². The standard InChI is InChI=1S/C25H18BrNO6/c1-30-20-9-4-3-8-18(20)24(28)32-21-11-10-15(13-22(21)31-2)12-19-25(29)33-23(27-19)16-6-5-7-17(26)14-16/h3-14H,1-2H3/b19-12+. The number of hydrogen-bond donors (Lipinski definition) is 0. The van der Waals surface area contributed by atoms with Gasteiger partial charge < -0.3 is 18.9 Å². The average Bonchev–Trinajstić information content (AvgIpc) is 3.20. The van der Waals surface area contributed by atoms with Gasteiger partial charge in [0.2, 0.25) is 5.90 Å². The molecular formula is C25H18BrNO6. The van der Waals surface area contributed by atoms with Gasteiger partial charge in [-0.3, -0.25) is 0 Å². The number of ether oxygens (including phenoxy) is 4. The summed E-state index contributed by atoms with van der Waals surface area (Å²) in [6.07, 6.45) is 1.57. The van der Waals surface area contributed by atoms with Crippen LogP contribution in [0, 0.1) is 0 Å². The van der Waals surface area contributed by atoms with Gasteiger partial charge in [0.25, 0.3) is 0 Å². The molecule has 8 heteroatoms. The minimum absolute atomic E-state index is 0.144. The predicted octanol–water partition coefficient (Wildman–Crippen LogP) is 5.03. The van der Waals surface area contributed by atoms with Gasteiger partial charge in [-0.2, -0.15) is 0 Å². The summed E-state index contributed by atoms with van der Waals surface area (Å²) in [6.45, 7) is 0. The zero-order valence-electron chi connectivity index (χ0n) is 17.7. The number of carbonyl (C=O) groups excluding carboxylic acids is 2. The number of rotatable bonds is 6. The second kappa shape index (κ2) is 9.70. The van der Waals surface area contributed by atoms with Crippen LogP contribution in [0.15, 0.2) is 81.9 Å². The highest BCUT2D eigenvalue weighted by Gasteiger charge is 2.24. The average molecular weight is 508 g/mol. The van der Waals surface area contributed by atoms with E-state index in [4.69, 9.17) is 18.9 Å². The second-order valence-corrected chi connectivity index (χ2v) is 7.76. The number of methoxy groups -OCH3 is 2. The first-order valence-electron chi connectivity index (χ1n) is 9.80. The molecule has 3 aromatic carbocycles. The minimum atomic E-state index is -0.584. The van der Waals surface area contributed by atoms with Crippen molar-refractivity contribution in [2.75, 3.05) is 14.2 Å². The fourth-order valence-corrected chi connectivity index (χ4v) is 3.54. The summed E-state index contributed by atoms with van der Waals surface area (Å²) in [7, 11) is 2.94. The van der Waals surface area contributed by atoms with Crippen LogP contribution < -0.4 is 14.2 Å². The topological polar surface area (TPSA) is 83.4 Å². The Morgan fingerprint density at radius 1 is 0.939 bits per heavy atom. The summed E-state index contributed by atoms with van der Waals surface area (Å²) < 4.78 is 22.2. The van der Waals surface area contributed by atoms with E-state index in [0.717, 1.165) is 4.47 Å². The molecule has 0 fully saturated rings. The lowest BCUT2D eigenvalue weighted by atomic mass is 10.1. The van der Waals surface area contributed by atoms with Crippen molar-refractivity contribution in [2.45, 2.75) is 0 Å². The van der Waals surface area contributed by atoms with Crippen molar-refractivity contribution in [3.63, 3.8) is 0 Å². The Morgan fingerprint density at radius 2 is 1.73 bits per heavy atom. The highest BCUT2D eigenvalue weighted by Crippen LogP contribution is 2.31. The molecule has 0 bridgehead atoms. The van der Waals surface area contributed by atoms with Crippen molar-refractivity contribution in [2.24, 2.45) is 4.99 Å². The van der Waals surface area contributed by atoms with Crippen LogP contribution in [0.25, 0.3) is 6.08 Å². The Morgan fingerprint density at radius 3 is 2.48 bits per heavy atom. The molecule has 0 aliphatic carbocycles. The highest BCUT2D eigenvalue weighted by atomic mass is 79.9.